The minimum Gasteiger partial charge on any atom is -0.492 e. The van der Waals surface area contributed by atoms with Crippen LogP contribution in [0.3, 0.4) is 0 Å². The summed E-state index contributed by atoms with van der Waals surface area (Å²) in [6, 6.07) is 10.7. The highest BCUT2D eigenvalue weighted by Crippen LogP contribution is 2.64. The predicted octanol–water partition coefficient (Wildman–Crippen LogP) is 3.78. The van der Waals surface area contributed by atoms with Crippen LogP contribution in [0, 0.1) is 18.8 Å². The van der Waals surface area contributed by atoms with Crippen molar-refractivity contribution in [2.45, 2.75) is 56.9 Å². The van der Waals surface area contributed by atoms with Crippen molar-refractivity contribution in [3.05, 3.63) is 47.8 Å². The van der Waals surface area contributed by atoms with E-state index in [0.717, 1.165) is 25.0 Å². The zero-order valence-electron chi connectivity index (χ0n) is 16.6. The summed E-state index contributed by atoms with van der Waals surface area (Å²) in [6.45, 7) is 3.10. The summed E-state index contributed by atoms with van der Waals surface area (Å²) in [7, 11) is 0. The van der Waals surface area contributed by atoms with Gasteiger partial charge in [-0.25, -0.2) is 0 Å². The first-order valence-corrected chi connectivity index (χ1v) is 10.7. The standard InChI is InChI=1S/C23H29N3O2/c1-16-4-2-7-19(14-16)28-13-12-24-22(27)21-17-8-10-23(21,15-17)20-9-11-25-26(20)18-5-3-6-18/h2,4,7,9,11,14,17-18,21H,3,5-6,8,10,12-13,15H2,1H3,(H,24,27). The monoisotopic (exact) mass is 379 g/mol. The molecule has 28 heavy (non-hydrogen) atoms. The summed E-state index contributed by atoms with van der Waals surface area (Å²) in [5.41, 5.74) is 2.50. The summed E-state index contributed by atoms with van der Waals surface area (Å²) < 4.78 is 8.02. The number of hydrogen-bond acceptors (Lipinski definition) is 3. The maximum Gasteiger partial charge on any atom is 0.224 e. The van der Waals surface area contributed by atoms with Gasteiger partial charge in [0.1, 0.15) is 12.4 Å². The lowest BCUT2D eigenvalue weighted by Crippen LogP contribution is -2.54. The minimum absolute atomic E-state index is 0.0121. The van der Waals surface area contributed by atoms with Gasteiger partial charge in [-0.15, -0.1) is 0 Å². The van der Waals surface area contributed by atoms with Crippen LogP contribution in [0.25, 0.3) is 0 Å². The third kappa shape index (κ3) is 2.83. The van der Waals surface area contributed by atoms with Crippen LogP contribution in [0.5, 0.6) is 5.75 Å². The fraction of sp³-hybridized carbons (Fsp3) is 0.565. The van der Waals surface area contributed by atoms with E-state index in [4.69, 9.17) is 4.74 Å². The van der Waals surface area contributed by atoms with Crippen LogP contribution >= 0.6 is 0 Å². The molecule has 1 aromatic carbocycles. The number of benzene rings is 1. The number of carbonyl (C=O) groups is 1. The molecule has 1 N–H and O–H groups in total. The largest absolute Gasteiger partial charge is 0.492 e. The van der Waals surface area contributed by atoms with Gasteiger partial charge in [0.05, 0.1) is 18.5 Å². The number of fused-ring (bicyclic) bond motifs is 1. The van der Waals surface area contributed by atoms with Crippen LogP contribution in [-0.4, -0.2) is 28.8 Å². The van der Waals surface area contributed by atoms with Crippen LogP contribution in [0.2, 0.25) is 0 Å². The number of hydrogen-bond donors (Lipinski definition) is 1. The Balaban J connectivity index is 1.21. The van der Waals surface area contributed by atoms with E-state index in [0.29, 0.717) is 25.1 Å². The molecule has 5 heteroatoms. The molecule has 3 unspecified atom stereocenters. The second-order valence-electron chi connectivity index (χ2n) is 8.84. The average molecular weight is 380 g/mol. The van der Waals surface area contributed by atoms with Gasteiger partial charge in [-0.1, -0.05) is 12.1 Å². The highest BCUT2D eigenvalue weighted by atomic mass is 16.5. The van der Waals surface area contributed by atoms with Gasteiger partial charge in [-0.2, -0.15) is 5.10 Å². The van der Waals surface area contributed by atoms with Crippen molar-refractivity contribution < 1.29 is 9.53 Å². The number of nitrogens with zero attached hydrogens (tertiary/aromatic N) is 2. The fourth-order valence-electron chi connectivity index (χ4n) is 5.62. The molecule has 1 heterocycles. The van der Waals surface area contributed by atoms with E-state index < -0.39 is 0 Å². The molecule has 4 aliphatic rings. The first-order chi connectivity index (χ1) is 13.7. The Hall–Kier alpha value is -2.30. The lowest BCUT2D eigenvalue weighted by atomic mass is 9.58. The molecule has 4 fully saturated rings. The van der Waals surface area contributed by atoms with Gasteiger partial charge >= 0.3 is 0 Å². The van der Waals surface area contributed by atoms with Crippen LogP contribution < -0.4 is 10.1 Å². The molecule has 1 aromatic heterocycles. The summed E-state index contributed by atoms with van der Waals surface area (Å²) >= 11 is 0. The molecule has 2 bridgehead atoms. The van der Waals surface area contributed by atoms with Crippen molar-refractivity contribution in [2.75, 3.05) is 13.2 Å². The summed E-state index contributed by atoms with van der Waals surface area (Å²) in [5, 5.41) is 7.77. The molecule has 4 aliphatic carbocycles. The van der Waals surface area contributed by atoms with E-state index in [1.165, 1.54) is 30.5 Å². The number of ether oxygens (including phenoxy) is 1. The molecule has 1 amide bonds. The Labute approximate surface area is 166 Å². The lowest BCUT2D eigenvalue weighted by Gasteiger charge is -2.47. The third-order valence-corrected chi connectivity index (χ3v) is 7.20. The van der Waals surface area contributed by atoms with Gasteiger partial charge in [-0.3, -0.25) is 9.48 Å². The average Bonchev–Trinajstić information content (AvgIpc) is 3.32. The van der Waals surface area contributed by atoms with Gasteiger partial charge < -0.3 is 10.1 Å². The van der Waals surface area contributed by atoms with E-state index in [9.17, 15) is 4.79 Å². The number of rotatable bonds is 7. The highest BCUT2D eigenvalue weighted by molar-refractivity contribution is 5.82. The van der Waals surface area contributed by atoms with Crippen molar-refractivity contribution in [3.63, 3.8) is 0 Å². The fourth-order valence-corrected chi connectivity index (χ4v) is 5.62. The Morgan fingerprint density at radius 3 is 2.96 bits per heavy atom. The van der Waals surface area contributed by atoms with Crippen molar-refractivity contribution in [3.8, 4) is 5.75 Å². The summed E-state index contributed by atoms with van der Waals surface area (Å²) in [4.78, 5) is 13.0. The summed E-state index contributed by atoms with van der Waals surface area (Å²) in [6.07, 6.45) is 9.09. The van der Waals surface area contributed by atoms with E-state index in [1.54, 1.807) is 0 Å². The normalized spacial score (nSPS) is 28.5. The highest BCUT2D eigenvalue weighted by Gasteiger charge is 2.64. The second kappa shape index (κ2) is 6.94. The molecular formula is C23H29N3O2. The van der Waals surface area contributed by atoms with Gasteiger partial charge in [-0.05, 0) is 75.1 Å². The maximum absolute atomic E-state index is 13.0. The molecule has 4 saturated carbocycles. The number of aromatic nitrogens is 2. The van der Waals surface area contributed by atoms with Crippen molar-refractivity contribution in [1.82, 2.24) is 15.1 Å². The van der Waals surface area contributed by atoms with Gasteiger partial charge in [0.25, 0.3) is 0 Å². The molecule has 0 spiro atoms. The van der Waals surface area contributed by atoms with Crippen molar-refractivity contribution >= 4 is 5.91 Å². The number of amides is 1. The number of carbonyl (C=O) groups excluding carboxylic acids is 1. The van der Waals surface area contributed by atoms with E-state index in [2.05, 4.69) is 34.2 Å². The molecule has 148 valence electrons. The number of aryl methyl sites for hydroxylation is 1. The SMILES string of the molecule is Cc1cccc(OCCNC(=O)C2C3CCC2(c2ccnn2C2CCC2)C3)c1. The van der Waals surface area contributed by atoms with Gasteiger partial charge in [0.2, 0.25) is 5.91 Å². The zero-order valence-corrected chi connectivity index (χ0v) is 16.6. The quantitative estimate of drug-likeness (QED) is 0.745. The lowest BCUT2D eigenvalue weighted by molar-refractivity contribution is -0.133. The molecular weight excluding hydrogens is 350 g/mol. The Morgan fingerprint density at radius 2 is 2.21 bits per heavy atom. The molecule has 5 nitrogen and oxygen atoms in total. The van der Waals surface area contributed by atoms with Crippen LogP contribution in [0.4, 0.5) is 0 Å². The van der Waals surface area contributed by atoms with E-state index in [-0.39, 0.29) is 17.2 Å². The zero-order chi connectivity index (χ0) is 19.1. The first kappa shape index (κ1) is 17.8. The van der Waals surface area contributed by atoms with Crippen LogP contribution in [0.15, 0.2) is 36.5 Å². The third-order valence-electron chi connectivity index (χ3n) is 7.20. The first-order valence-electron chi connectivity index (χ1n) is 10.7. The topological polar surface area (TPSA) is 56.1 Å². The summed E-state index contributed by atoms with van der Waals surface area (Å²) in [5.74, 6) is 1.69. The minimum atomic E-state index is 0.0121. The predicted molar refractivity (Wildman–Crippen MR) is 107 cm³/mol. The van der Waals surface area contributed by atoms with Gasteiger partial charge in [0, 0.05) is 17.3 Å². The molecule has 3 atom stereocenters. The van der Waals surface area contributed by atoms with Crippen LogP contribution in [0.1, 0.15) is 55.8 Å². The van der Waals surface area contributed by atoms with Crippen LogP contribution in [-0.2, 0) is 10.2 Å². The molecule has 0 radical (unpaired) electrons. The van der Waals surface area contributed by atoms with Crippen molar-refractivity contribution in [2.24, 2.45) is 11.8 Å². The maximum atomic E-state index is 13.0. The Kier molecular flexibility index (Phi) is 4.41. The Morgan fingerprint density at radius 1 is 1.32 bits per heavy atom. The smallest absolute Gasteiger partial charge is 0.224 e. The second-order valence-corrected chi connectivity index (χ2v) is 8.84. The molecule has 2 aromatic rings. The molecule has 6 rings (SSSR count). The molecule has 0 aliphatic heterocycles. The molecule has 0 saturated heterocycles. The van der Waals surface area contributed by atoms with Crippen molar-refractivity contribution in [1.29, 1.82) is 0 Å². The Bertz CT molecular complexity index is 868. The van der Waals surface area contributed by atoms with Gasteiger partial charge in [0.15, 0.2) is 0 Å². The van der Waals surface area contributed by atoms with E-state index in [1.807, 2.05) is 24.4 Å². The van der Waals surface area contributed by atoms with E-state index >= 15 is 0 Å². The number of nitrogens with one attached hydrogen (secondary N) is 1.